The van der Waals surface area contributed by atoms with Crippen molar-refractivity contribution >= 4 is 16.0 Å². The monoisotopic (exact) mass is 287 g/mol. The van der Waals surface area contributed by atoms with Crippen LogP contribution >= 0.6 is 0 Å². The molecule has 2 rings (SSSR count). The molecule has 1 aliphatic rings. The number of carbonyl (C=O) groups is 1. The van der Waals surface area contributed by atoms with Crippen molar-refractivity contribution in [1.29, 1.82) is 0 Å². The topological polar surface area (TPSA) is 103 Å². The summed E-state index contributed by atoms with van der Waals surface area (Å²) in [6.45, 7) is 2.37. The SMILES string of the molecule is Cc1ncc(S(=O)(=O)N2CCCC(CC(=O)O)C2)[nH]1. The number of nitrogens with one attached hydrogen (secondary N) is 1. The Morgan fingerprint density at radius 1 is 1.63 bits per heavy atom. The molecule has 7 nitrogen and oxygen atoms in total. The van der Waals surface area contributed by atoms with Gasteiger partial charge in [-0.2, -0.15) is 4.31 Å². The van der Waals surface area contributed by atoms with Crippen LogP contribution in [0.1, 0.15) is 25.1 Å². The van der Waals surface area contributed by atoms with E-state index in [1.807, 2.05) is 0 Å². The van der Waals surface area contributed by atoms with E-state index in [2.05, 4.69) is 9.97 Å². The van der Waals surface area contributed by atoms with Gasteiger partial charge >= 0.3 is 5.97 Å². The Morgan fingerprint density at radius 3 is 2.95 bits per heavy atom. The standard InChI is InChI=1S/C11H17N3O4S/c1-8-12-6-10(13-8)19(17,18)14-4-2-3-9(7-14)5-11(15)16/h6,9H,2-5,7H2,1H3,(H,12,13)(H,15,16). The fraction of sp³-hybridized carbons (Fsp3) is 0.636. The average Bonchev–Trinajstić information content (AvgIpc) is 2.76. The van der Waals surface area contributed by atoms with E-state index in [1.54, 1.807) is 6.92 Å². The van der Waals surface area contributed by atoms with Gasteiger partial charge in [-0.25, -0.2) is 13.4 Å². The normalized spacial score (nSPS) is 21.4. The lowest BCUT2D eigenvalue weighted by molar-refractivity contribution is -0.138. The van der Waals surface area contributed by atoms with Crippen molar-refractivity contribution in [3.8, 4) is 0 Å². The van der Waals surface area contributed by atoms with Gasteiger partial charge < -0.3 is 10.1 Å². The van der Waals surface area contributed by atoms with Crippen LogP contribution in [0.4, 0.5) is 0 Å². The fourth-order valence-corrected chi connectivity index (χ4v) is 3.84. The molecule has 1 unspecified atom stereocenters. The Balaban J connectivity index is 2.14. The van der Waals surface area contributed by atoms with Crippen LogP contribution in [0.5, 0.6) is 0 Å². The van der Waals surface area contributed by atoms with Gasteiger partial charge in [-0.15, -0.1) is 0 Å². The maximum Gasteiger partial charge on any atom is 0.303 e. The number of rotatable bonds is 4. The van der Waals surface area contributed by atoms with Crippen LogP contribution in [0.15, 0.2) is 11.2 Å². The number of carboxylic acid groups (broad SMARTS) is 1. The van der Waals surface area contributed by atoms with Crippen molar-refractivity contribution in [2.75, 3.05) is 13.1 Å². The van der Waals surface area contributed by atoms with Crippen molar-refractivity contribution in [3.63, 3.8) is 0 Å². The van der Waals surface area contributed by atoms with Gasteiger partial charge in [-0.1, -0.05) is 0 Å². The minimum atomic E-state index is -3.59. The Morgan fingerprint density at radius 2 is 2.37 bits per heavy atom. The first kappa shape index (κ1) is 14.0. The van der Waals surface area contributed by atoms with Crippen molar-refractivity contribution < 1.29 is 18.3 Å². The lowest BCUT2D eigenvalue weighted by atomic mass is 9.96. The Bertz CT molecular complexity index is 566. The Labute approximate surface area is 111 Å². The molecule has 1 aromatic rings. The van der Waals surface area contributed by atoms with E-state index < -0.39 is 16.0 Å². The Kier molecular flexibility index (Phi) is 3.91. The summed E-state index contributed by atoms with van der Waals surface area (Å²) >= 11 is 0. The molecule has 1 atom stereocenters. The number of piperidine rings is 1. The number of carboxylic acids is 1. The highest BCUT2D eigenvalue weighted by Gasteiger charge is 2.32. The van der Waals surface area contributed by atoms with Crippen LogP contribution in [0.25, 0.3) is 0 Å². The lowest BCUT2D eigenvalue weighted by Crippen LogP contribution is -2.40. The highest BCUT2D eigenvalue weighted by molar-refractivity contribution is 7.89. The third-order valence-electron chi connectivity index (χ3n) is 3.24. The third kappa shape index (κ3) is 3.13. The minimum absolute atomic E-state index is 0.00796. The molecular weight excluding hydrogens is 270 g/mol. The fourth-order valence-electron chi connectivity index (χ4n) is 2.33. The summed E-state index contributed by atoms with van der Waals surface area (Å²) in [5.74, 6) is -0.468. The molecule has 0 amide bonds. The van der Waals surface area contributed by atoms with Crippen LogP contribution in [-0.2, 0) is 14.8 Å². The predicted octanol–water partition coefficient (Wildman–Crippen LogP) is 0.594. The number of hydrogen-bond acceptors (Lipinski definition) is 4. The van der Waals surface area contributed by atoms with Crippen molar-refractivity contribution in [3.05, 3.63) is 12.0 Å². The maximum atomic E-state index is 12.3. The highest BCUT2D eigenvalue weighted by atomic mass is 32.2. The number of aliphatic carboxylic acids is 1. The molecule has 106 valence electrons. The lowest BCUT2D eigenvalue weighted by Gasteiger charge is -2.30. The molecule has 8 heteroatoms. The smallest absolute Gasteiger partial charge is 0.303 e. The molecule has 0 aromatic carbocycles. The van der Waals surface area contributed by atoms with Crippen LogP contribution in [0, 0.1) is 12.8 Å². The summed E-state index contributed by atoms with van der Waals surface area (Å²) in [4.78, 5) is 17.3. The molecule has 2 N–H and O–H groups in total. The van der Waals surface area contributed by atoms with Gasteiger partial charge in [0.25, 0.3) is 10.0 Å². The number of aromatic nitrogens is 2. The third-order valence-corrected chi connectivity index (χ3v) is 5.02. The van der Waals surface area contributed by atoms with Gasteiger partial charge in [-0.3, -0.25) is 4.79 Å². The number of imidazole rings is 1. The molecule has 2 heterocycles. The number of hydrogen-bond donors (Lipinski definition) is 2. The second-order valence-electron chi connectivity index (χ2n) is 4.80. The molecule has 0 saturated carbocycles. The van der Waals surface area contributed by atoms with E-state index in [0.29, 0.717) is 18.8 Å². The zero-order valence-corrected chi connectivity index (χ0v) is 11.5. The molecule has 1 aliphatic heterocycles. The van der Waals surface area contributed by atoms with Gasteiger partial charge in [0.2, 0.25) is 0 Å². The maximum absolute atomic E-state index is 12.3. The molecular formula is C11H17N3O4S. The molecule has 0 aliphatic carbocycles. The molecule has 0 bridgehead atoms. The average molecular weight is 287 g/mol. The zero-order chi connectivity index (χ0) is 14.0. The van der Waals surface area contributed by atoms with E-state index in [1.165, 1.54) is 10.5 Å². The van der Waals surface area contributed by atoms with E-state index in [9.17, 15) is 13.2 Å². The number of nitrogens with zero attached hydrogens (tertiary/aromatic N) is 2. The number of sulfonamides is 1. The van der Waals surface area contributed by atoms with E-state index in [4.69, 9.17) is 5.11 Å². The molecule has 0 radical (unpaired) electrons. The molecule has 1 aromatic heterocycles. The first-order valence-corrected chi connectivity index (χ1v) is 7.57. The molecule has 0 spiro atoms. The van der Waals surface area contributed by atoms with Crippen molar-refractivity contribution in [2.45, 2.75) is 31.2 Å². The predicted molar refractivity (Wildman–Crippen MR) is 67.1 cm³/mol. The molecule has 1 fully saturated rings. The van der Waals surface area contributed by atoms with Gasteiger partial charge in [0.1, 0.15) is 5.82 Å². The molecule has 19 heavy (non-hydrogen) atoms. The highest BCUT2D eigenvalue weighted by Crippen LogP contribution is 2.24. The number of H-pyrrole nitrogens is 1. The quantitative estimate of drug-likeness (QED) is 0.843. The van der Waals surface area contributed by atoms with Crippen LogP contribution < -0.4 is 0 Å². The van der Waals surface area contributed by atoms with Gasteiger partial charge in [0.05, 0.1) is 6.20 Å². The van der Waals surface area contributed by atoms with Gasteiger partial charge in [-0.05, 0) is 25.7 Å². The largest absolute Gasteiger partial charge is 0.481 e. The van der Waals surface area contributed by atoms with Gasteiger partial charge in [0.15, 0.2) is 5.03 Å². The summed E-state index contributed by atoms with van der Waals surface area (Å²) in [6.07, 6.45) is 2.74. The van der Waals surface area contributed by atoms with E-state index in [0.717, 1.165) is 6.42 Å². The number of aromatic amines is 1. The number of aryl methyl sites for hydroxylation is 1. The van der Waals surface area contributed by atoms with Crippen LogP contribution in [0.2, 0.25) is 0 Å². The first-order chi connectivity index (χ1) is 8.89. The van der Waals surface area contributed by atoms with Crippen LogP contribution in [-0.4, -0.2) is 46.9 Å². The van der Waals surface area contributed by atoms with E-state index >= 15 is 0 Å². The molecule has 1 saturated heterocycles. The summed E-state index contributed by atoms with van der Waals surface area (Å²) in [7, 11) is -3.59. The Hall–Kier alpha value is -1.41. The first-order valence-electron chi connectivity index (χ1n) is 6.13. The second kappa shape index (κ2) is 5.30. The minimum Gasteiger partial charge on any atom is -0.481 e. The summed E-state index contributed by atoms with van der Waals surface area (Å²) in [6, 6.07) is 0. The van der Waals surface area contributed by atoms with Gasteiger partial charge in [0, 0.05) is 19.5 Å². The summed E-state index contributed by atoms with van der Waals surface area (Å²) in [5.41, 5.74) is 0. The van der Waals surface area contributed by atoms with Crippen molar-refractivity contribution in [2.24, 2.45) is 5.92 Å². The van der Waals surface area contributed by atoms with E-state index in [-0.39, 0.29) is 23.9 Å². The zero-order valence-electron chi connectivity index (χ0n) is 10.7. The van der Waals surface area contributed by atoms with Crippen molar-refractivity contribution in [1.82, 2.24) is 14.3 Å². The van der Waals surface area contributed by atoms with Crippen LogP contribution in [0.3, 0.4) is 0 Å². The summed E-state index contributed by atoms with van der Waals surface area (Å²) < 4.78 is 26.0. The summed E-state index contributed by atoms with van der Waals surface area (Å²) in [5, 5.41) is 8.86. The second-order valence-corrected chi connectivity index (χ2v) is 6.71.